The lowest BCUT2D eigenvalue weighted by Crippen LogP contribution is -2.49. The van der Waals surface area contributed by atoms with Crippen molar-refractivity contribution in [2.24, 2.45) is 7.05 Å². The molecule has 0 N–H and O–H groups in total. The van der Waals surface area contributed by atoms with E-state index in [1.54, 1.807) is 14.0 Å². The number of aryl methyl sites for hydroxylation is 1. The maximum Gasteiger partial charge on any atom is 0.409 e. The first-order valence-electron chi connectivity index (χ1n) is 11.7. The van der Waals surface area contributed by atoms with Crippen LogP contribution in [-0.4, -0.2) is 67.6 Å². The normalized spacial score (nSPS) is 14.9. The van der Waals surface area contributed by atoms with Gasteiger partial charge in [-0.25, -0.2) is 9.59 Å². The molecule has 8 nitrogen and oxygen atoms in total. The zero-order chi connectivity index (χ0) is 23.3. The Morgan fingerprint density at radius 1 is 1.09 bits per heavy atom. The van der Waals surface area contributed by atoms with Crippen LogP contribution in [0.5, 0.6) is 0 Å². The molecule has 1 aliphatic rings. The molecule has 178 valence electrons. The first kappa shape index (κ1) is 24.4. The topological polar surface area (TPSA) is 68.9 Å². The highest BCUT2D eigenvalue weighted by Gasteiger charge is 2.25. The Kier molecular flexibility index (Phi) is 8.05. The molecular formula is C23H38N4O4Si. The lowest BCUT2D eigenvalue weighted by atomic mass is 10.2. The van der Waals surface area contributed by atoms with Gasteiger partial charge < -0.3 is 19.3 Å². The van der Waals surface area contributed by atoms with E-state index in [9.17, 15) is 9.59 Å². The smallest absolute Gasteiger partial charge is 0.409 e. The number of benzene rings is 1. The van der Waals surface area contributed by atoms with Gasteiger partial charge in [0.2, 0.25) is 0 Å². The summed E-state index contributed by atoms with van der Waals surface area (Å²) in [5.74, 6) is 0. The number of hydrogen-bond donors (Lipinski definition) is 0. The van der Waals surface area contributed by atoms with Crippen molar-refractivity contribution in [2.75, 3.05) is 44.3 Å². The van der Waals surface area contributed by atoms with Gasteiger partial charge in [0.25, 0.3) is 0 Å². The number of amides is 1. The molecule has 0 spiro atoms. The number of aromatic nitrogens is 2. The Bertz CT molecular complexity index is 971. The number of hydrogen-bond acceptors (Lipinski definition) is 5. The molecule has 2 aromatic rings. The monoisotopic (exact) mass is 462 g/mol. The molecule has 1 amide bonds. The third-order valence-corrected chi connectivity index (χ3v) is 7.66. The minimum atomic E-state index is -1.17. The summed E-state index contributed by atoms with van der Waals surface area (Å²) in [6.07, 6.45) is 1.67. The Balaban J connectivity index is 1.71. The third kappa shape index (κ3) is 5.75. The van der Waals surface area contributed by atoms with Gasteiger partial charge in [0.15, 0.2) is 0 Å². The van der Waals surface area contributed by atoms with Crippen LogP contribution in [0, 0.1) is 0 Å². The van der Waals surface area contributed by atoms with Gasteiger partial charge in [-0.3, -0.25) is 9.13 Å². The fourth-order valence-electron chi connectivity index (χ4n) is 3.90. The van der Waals surface area contributed by atoms with Crippen molar-refractivity contribution < 1.29 is 14.3 Å². The molecule has 0 radical (unpaired) electrons. The van der Waals surface area contributed by atoms with Crippen LogP contribution in [0.3, 0.4) is 0 Å². The van der Waals surface area contributed by atoms with Gasteiger partial charge in [0, 0.05) is 47.9 Å². The molecule has 1 saturated heterocycles. The second-order valence-electron chi connectivity index (χ2n) is 9.70. The number of ether oxygens (including phenoxy) is 2. The summed E-state index contributed by atoms with van der Waals surface area (Å²) in [7, 11) is 0.640. The van der Waals surface area contributed by atoms with E-state index in [1.807, 2.05) is 25.2 Å². The van der Waals surface area contributed by atoms with Gasteiger partial charge in [-0.15, -0.1) is 0 Å². The number of carbonyl (C=O) groups is 1. The number of piperazine rings is 1. The SMILES string of the molecule is CCCCOC(=O)N1CCN(c2cccc3c2n(C)c(=O)n3COCC[Si](C)(C)C)CC1. The van der Waals surface area contributed by atoms with Crippen molar-refractivity contribution in [3.05, 3.63) is 28.7 Å². The molecule has 9 heteroatoms. The maximum absolute atomic E-state index is 12.9. The van der Waals surface area contributed by atoms with Crippen molar-refractivity contribution in [3.8, 4) is 0 Å². The first-order chi connectivity index (χ1) is 15.2. The summed E-state index contributed by atoms with van der Waals surface area (Å²) in [5, 5.41) is 0. The Hall–Kier alpha value is -2.26. The molecule has 3 rings (SSSR count). The lowest BCUT2D eigenvalue weighted by molar-refractivity contribution is 0.0873. The Labute approximate surface area is 191 Å². The zero-order valence-electron chi connectivity index (χ0n) is 20.2. The summed E-state index contributed by atoms with van der Waals surface area (Å²) in [6, 6.07) is 7.08. The van der Waals surface area contributed by atoms with Crippen LogP contribution in [-0.2, 0) is 23.3 Å². The minimum absolute atomic E-state index is 0.0707. The second-order valence-corrected chi connectivity index (χ2v) is 15.3. The molecule has 1 aliphatic heterocycles. The molecule has 1 fully saturated rings. The molecule has 0 unspecified atom stereocenters. The number of rotatable bonds is 9. The highest BCUT2D eigenvalue weighted by Crippen LogP contribution is 2.27. The minimum Gasteiger partial charge on any atom is -0.449 e. The van der Waals surface area contributed by atoms with Gasteiger partial charge in [-0.2, -0.15) is 0 Å². The Morgan fingerprint density at radius 3 is 2.47 bits per heavy atom. The Morgan fingerprint density at radius 2 is 1.81 bits per heavy atom. The van der Waals surface area contributed by atoms with Crippen molar-refractivity contribution in [1.82, 2.24) is 14.0 Å². The molecule has 32 heavy (non-hydrogen) atoms. The van der Waals surface area contributed by atoms with Crippen LogP contribution < -0.4 is 10.6 Å². The van der Waals surface area contributed by atoms with Crippen LogP contribution in [0.4, 0.5) is 10.5 Å². The average Bonchev–Trinajstić information content (AvgIpc) is 3.01. The van der Waals surface area contributed by atoms with Crippen LogP contribution >= 0.6 is 0 Å². The maximum atomic E-state index is 12.9. The predicted molar refractivity (Wildman–Crippen MR) is 131 cm³/mol. The number of imidazole rings is 1. The summed E-state index contributed by atoms with van der Waals surface area (Å²) in [6.45, 7) is 13.1. The van der Waals surface area contributed by atoms with E-state index < -0.39 is 8.07 Å². The average molecular weight is 463 g/mol. The van der Waals surface area contributed by atoms with Gasteiger partial charge >= 0.3 is 11.8 Å². The zero-order valence-corrected chi connectivity index (χ0v) is 21.2. The third-order valence-electron chi connectivity index (χ3n) is 5.96. The molecular weight excluding hydrogens is 424 g/mol. The molecule has 0 atom stereocenters. The lowest BCUT2D eigenvalue weighted by Gasteiger charge is -2.35. The predicted octanol–water partition coefficient (Wildman–Crippen LogP) is 3.71. The fourth-order valence-corrected chi connectivity index (χ4v) is 4.66. The summed E-state index contributed by atoms with van der Waals surface area (Å²) < 4.78 is 14.6. The summed E-state index contributed by atoms with van der Waals surface area (Å²) in [5.41, 5.74) is 2.73. The highest BCUT2D eigenvalue weighted by molar-refractivity contribution is 6.76. The van der Waals surface area contributed by atoms with Gasteiger partial charge in [0.05, 0.1) is 23.3 Å². The van der Waals surface area contributed by atoms with Gasteiger partial charge in [-0.1, -0.05) is 39.1 Å². The molecule has 0 saturated carbocycles. The highest BCUT2D eigenvalue weighted by atomic mass is 28.3. The van der Waals surface area contributed by atoms with Crippen molar-refractivity contribution in [1.29, 1.82) is 0 Å². The fraction of sp³-hybridized carbons (Fsp3) is 0.652. The number of para-hydroxylation sites is 1. The van der Waals surface area contributed by atoms with E-state index in [1.165, 1.54) is 0 Å². The number of carbonyl (C=O) groups excluding carboxylic acids is 1. The number of anilines is 1. The van der Waals surface area contributed by atoms with Crippen molar-refractivity contribution >= 4 is 30.9 Å². The van der Waals surface area contributed by atoms with Gasteiger partial charge in [-0.05, 0) is 24.6 Å². The first-order valence-corrected chi connectivity index (χ1v) is 15.4. The molecule has 0 aliphatic carbocycles. The summed E-state index contributed by atoms with van der Waals surface area (Å²) >= 11 is 0. The number of fused-ring (bicyclic) bond motifs is 1. The van der Waals surface area contributed by atoms with E-state index in [-0.39, 0.29) is 18.5 Å². The summed E-state index contributed by atoms with van der Waals surface area (Å²) in [4.78, 5) is 29.2. The van der Waals surface area contributed by atoms with Crippen LogP contribution in [0.1, 0.15) is 19.8 Å². The van der Waals surface area contributed by atoms with Crippen LogP contribution in [0.15, 0.2) is 23.0 Å². The molecule has 0 bridgehead atoms. The van der Waals surface area contributed by atoms with Crippen LogP contribution in [0.2, 0.25) is 25.7 Å². The van der Waals surface area contributed by atoms with E-state index in [0.717, 1.165) is 35.6 Å². The van der Waals surface area contributed by atoms with E-state index in [2.05, 4.69) is 31.5 Å². The van der Waals surface area contributed by atoms with E-state index in [0.29, 0.717) is 39.4 Å². The number of unbranched alkanes of at least 4 members (excludes halogenated alkanes) is 1. The van der Waals surface area contributed by atoms with Crippen LogP contribution in [0.25, 0.3) is 11.0 Å². The quantitative estimate of drug-likeness (QED) is 0.420. The van der Waals surface area contributed by atoms with E-state index in [4.69, 9.17) is 9.47 Å². The number of nitrogens with zero attached hydrogens (tertiary/aromatic N) is 4. The standard InChI is InChI=1S/C23H38N4O4Si/c1-6-7-15-31-23(29)26-13-11-25(12-14-26)19-9-8-10-20-21(19)24(2)22(28)27(20)18-30-16-17-32(3,4)5/h8-10H,6-7,11-18H2,1-5H3. The largest absolute Gasteiger partial charge is 0.449 e. The van der Waals surface area contributed by atoms with Gasteiger partial charge in [0.1, 0.15) is 6.73 Å². The molecule has 1 aromatic carbocycles. The van der Waals surface area contributed by atoms with Crippen molar-refractivity contribution in [2.45, 2.75) is 52.2 Å². The van der Waals surface area contributed by atoms with E-state index >= 15 is 0 Å². The second kappa shape index (κ2) is 10.6. The molecule has 1 aromatic heterocycles. The van der Waals surface area contributed by atoms with Crippen molar-refractivity contribution in [3.63, 3.8) is 0 Å². The molecule has 2 heterocycles.